The summed E-state index contributed by atoms with van der Waals surface area (Å²) in [4.78, 5) is 84.6. The van der Waals surface area contributed by atoms with E-state index in [0.29, 0.717) is 71.2 Å². The quantitative estimate of drug-likeness (QED) is 0.0270. The van der Waals surface area contributed by atoms with Crippen molar-refractivity contribution >= 4 is 52.5 Å². The minimum atomic E-state index is -0.642. The predicted octanol–water partition coefficient (Wildman–Crippen LogP) is 11.8. The number of nitrogens with two attached hydrogens (primary N) is 3. The van der Waals surface area contributed by atoms with Gasteiger partial charge in [0.1, 0.15) is 18.1 Å². The first-order valence-corrected chi connectivity index (χ1v) is 37.7. The van der Waals surface area contributed by atoms with E-state index in [2.05, 4.69) is 45.5 Å². The molecule has 19 heteroatoms. The molecule has 0 saturated carbocycles. The first-order valence-electron chi connectivity index (χ1n) is 37.7. The minimum Gasteiger partial charge on any atom is -0.392 e. The number of nitrogens with zero attached hydrogens (tertiary/aromatic N) is 3. The molecule has 0 aliphatic carbocycles. The maximum absolute atomic E-state index is 13.8. The molecule has 9 aromatic carbocycles. The summed E-state index contributed by atoms with van der Waals surface area (Å²) in [7, 11) is 0. The number of hydrogen-bond donors (Lipinski definition) is 10. The first-order chi connectivity index (χ1) is 52.2. The summed E-state index contributed by atoms with van der Waals surface area (Å²) in [5.74, 6) is -0.964. The number of amides is 6. The van der Waals surface area contributed by atoms with Crippen molar-refractivity contribution in [1.29, 1.82) is 0 Å². The SMILES string of the molecule is CC(C)(N)CC(=O)N[C@@H]1CCc2ccccc2N(Cc2ccc(-c3ccccc3CN)cc2)C1=O.CC(C)(N)CC(=O)N[C@@H]1CCc2ccccc2N(Cc2ccc(-c3ccccc3CO)cc2)C1=O.C[C@@H](O)CNC(C)(C)CC(=O)N[C@@H]1CCc2ccccc2N(Cc2ccc(-c3ccccc3CO)cc2)C1=O. The van der Waals surface area contributed by atoms with Gasteiger partial charge >= 0.3 is 0 Å². The van der Waals surface area contributed by atoms with E-state index >= 15 is 0 Å². The van der Waals surface area contributed by atoms with Crippen LogP contribution in [0.15, 0.2) is 218 Å². The van der Waals surface area contributed by atoms with Crippen LogP contribution in [-0.4, -0.2) is 98.2 Å². The molecule has 0 bridgehead atoms. The molecule has 0 unspecified atom stereocenters. The van der Waals surface area contributed by atoms with Gasteiger partial charge in [-0.2, -0.15) is 0 Å². The number of aryl methyl sites for hydroxylation is 3. The lowest BCUT2D eigenvalue weighted by Gasteiger charge is -2.29. The van der Waals surface area contributed by atoms with Crippen LogP contribution < -0.4 is 53.2 Å². The molecule has 3 aliphatic heterocycles. The Morgan fingerprint density at radius 3 is 1.01 bits per heavy atom. The fourth-order valence-electron chi connectivity index (χ4n) is 14.3. The number of para-hydroxylation sites is 3. The second-order valence-electron chi connectivity index (χ2n) is 30.8. The van der Waals surface area contributed by atoms with Gasteiger partial charge in [-0.1, -0.05) is 200 Å². The number of carbonyl (C=O) groups excluding carboxylic acids is 6. The lowest BCUT2D eigenvalue weighted by molar-refractivity contribution is -0.128. The molecule has 0 spiro atoms. The Balaban J connectivity index is 0.000000175. The Labute approximate surface area is 641 Å². The molecule has 6 amide bonds. The van der Waals surface area contributed by atoms with Crippen LogP contribution >= 0.6 is 0 Å². The smallest absolute Gasteiger partial charge is 0.249 e. The van der Waals surface area contributed by atoms with Gasteiger partial charge in [0, 0.05) is 66.0 Å². The molecule has 0 aromatic heterocycles. The number of aliphatic hydroxyl groups is 3. The van der Waals surface area contributed by atoms with Crippen LogP contribution in [-0.2, 0) is 87.4 Å². The molecule has 0 saturated heterocycles. The second kappa shape index (κ2) is 37.1. The summed E-state index contributed by atoms with van der Waals surface area (Å²) in [6.07, 6.45) is 3.71. The minimum absolute atomic E-state index is 0.0224. The standard InChI is InChI=1S/C32H39N3O4.C29H34N4O2.C29H33N3O3/c1-22(37)19-33-32(2,3)18-30(38)34-28-17-16-25-8-5-7-11-29(25)35(31(28)39)20-23-12-14-24(15-13-23)27-10-6-4-9-26(27)21-36;1-29(2,31)17-27(34)32-25-16-15-22-7-4-6-10-26(22)33(28(25)35)19-20-11-13-21(14-12-20)24-9-5-3-8-23(24)18-30;1-29(2,30)17-27(34)31-25-16-15-22-7-4-6-10-26(22)32(28(25)35)18-20-11-13-21(14-12-20)24-9-5-3-8-23(24)19-33/h4-15,22,28,33,36-37H,16-21H2,1-3H3,(H,34,38);3-14,25H,15-19,30-31H2,1-2H3,(H,32,34);3-14,25,33H,15-19,30H2,1-2H3,(H,31,34)/t22-,28-;2*25-/m111/s1. The zero-order valence-corrected chi connectivity index (χ0v) is 63.8. The largest absolute Gasteiger partial charge is 0.392 e. The number of hydrogen-bond acceptors (Lipinski definition) is 13. The maximum Gasteiger partial charge on any atom is 0.249 e. The van der Waals surface area contributed by atoms with Gasteiger partial charge in [-0.15, -0.1) is 0 Å². The monoisotopic (exact) mass is 1470 g/mol. The predicted molar refractivity (Wildman–Crippen MR) is 433 cm³/mol. The van der Waals surface area contributed by atoms with Gasteiger partial charge in [0.05, 0.1) is 39.0 Å². The zero-order valence-electron chi connectivity index (χ0n) is 63.8. The van der Waals surface area contributed by atoms with Gasteiger partial charge in [0.15, 0.2) is 0 Å². The van der Waals surface area contributed by atoms with E-state index in [1.165, 1.54) is 0 Å². The van der Waals surface area contributed by atoms with Crippen LogP contribution in [0.25, 0.3) is 33.4 Å². The Kier molecular flexibility index (Phi) is 27.6. The van der Waals surface area contributed by atoms with Crippen LogP contribution in [0, 0.1) is 0 Å². The summed E-state index contributed by atoms with van der Waals surface area (Å²) in [6.45, 7) is 14.7. The molecule has 9 aromatic rings. The van der Waals surface area contributed by atoms with Gasteiger partial charge in [-0.3, -0.25) is 28.8 Å². The molecule has 3 heterocycles. The van der Waals surface area contributed by atoms with Crippen molar-refractivity contribution in [3.05, 3.63) is 268 Å². The van der Waals surface area contributed by atoms with E-state index < -0.39 is 40.8 Å². The van der Waals surface area contributed by atoms with E-state index in [-0.39, 0.29) is 67.9 Å². The third-order valence-electron chi connectivity index (χ3n) is 19.8. The van der Waals surface area contributed by atoms with E-state index in [1.807, 2.05) is 208 Å². The summed E-state index contributed by atoms with van der Waals surface area (Å²) in [5, 5.41) is 41.0. The summed E-state index contributed by atoms with van der Waals surface area (Å²) in [6, 6.07) is 69.9. The maximum atomic E-state index is 13.8. The molecule has 570 valence electrons. The van der Waals surface area contributed by atoms with Crippen molar-refractivity contribution in [3.63, 3.8) is 0 Å². The van der Waals surface area contributed by atoms with Crippen molar-refractivity contribution in [1.82, 2.24) is 21.3 Å². The van der Waals surface area contributed by atoms with Gasteiger partial charge in [0.25, 0.3) is 0 Å². The number of fused-ring (bicyclic) bond motifs is 3. The van der Waals surface area contributed by atoms with E-state index in [1.54, 1.807) is 49.3 Å². The number of rotatable bonds is 24. The number of nitrogens with one attached hydrogen (secondary N) is 4. The number of benzene rings is 9. The highest BCUT2D eigenvalue weighted by molar-refractivity contribution is 6.02. The van der Waals surface area contributed by atoms with E-state index in [9.17, 15) is 44.1 Å². The fourth-order valence-corrected chi connectivity index (χ4v) is 14.3. The molecule has 3 aliphatic rings. The third-order valence-corrected chi connectivity index (χ3v) is 19.8. The number of β-amino-alcohol motifs (C(OH)–C–C–N with tert-alkyl or cyclic N) is 1. The molecule has 13 N–H and O–H groups in total. The molecule has 109 heavy (non-hydrogen) atoms. The van der Waals surface area contributed by atoms with Crippen molar-refractivity contribution in [3.8, 4) is 33.4 Å². The summed E-state index contributed by atoms with van der Waals surface area (Å²) >= 11 is 0. The molecular formula is C90H106N10O9. The number of carbonyl (C=O) groups is 6. The van der Waals surface area contributed by atoms with Gasteiger partial charge < -0.3 is 68.5 Å². The van der Waals surface area contributed by atoms with Crippen molar-refractivity contribution in [2.45, 2.75) is 186 Å². The molecule has 4 atom stereocenters. The van der Waals surface area contributed by atoms with Crippen molar-refractivity contribution in [2.24, 2.45) is 17.2 Å². The highest BCUT2D eigenvalue weighted by atomic mass is 16.3. The molecule has 12 rings (SSSR count). The third kappa shape index (κ3) is 22.4. The lowest BCUT2D eigenvalue weighted by atomic mass is 9.98. The van der Waals surface area contributed by atoms with Crippen LogP contribution in [0.2, 0.25) is 0 Å². The Morgan fingerprint density at radius 1 is 0.422 bits per heavy atom. The number of aliphatic hydroxyl groups excluding tert-OH is 3. The van der Waals surface area contributed by atoms with Crippen LogP contribution in [0.5, 0.6) is 0 Å². The van der Waals surface area contributed by atoms with E-state index in [4.69, 9.17) is 17.2 Å². The van der Waals surface area contributed by atoms with Crippen molar-refractivity contribution < 1.29 is 44.1 Å². The average molecular weight is 1470 g/mol. The average Bonchev–Trinajstić information content (AvgIpc) is 1.75. The molecule has 0 radical (unpaired) electrons. The molecule has 0 fully saturated rings. The van der Waals surface area contributed by atoms with Gasteiger partial charge in [-0.05, 0) is 189 Å². The molecule has 19 nitrogen and oxygen atoms in total. The van der Waals surface area contributed by atoms with Crippen LogP contribution in [0.1, 0.15) is 137 Å². The Bertz CT molecular complexity index is 4410. The summed E-state index contributed by atoms with van der Waals surface area (Å²) in [5.41, 5.74) is 34.0. The second-order valence-corrected chi connectivity index (χ2v) is 30.8. The fraction of sp³-hybridized carbons (Fsp3) is 0.333. The van der Waals surface area contributed by atoms with Crippen LogP contribution in [0.3, 0.4) is 0 Å². The van der Waals surface area contributed by atoms with Crippen molar-refractivity contribution in [2.75, 3.05) is 21.2 Å². The van der Waals surface area contributed by atoms with Gasteiger partial charge in [-0.25, -0.2) is 0 Å². The summed E-state index contributed by atoms with van der Waals surface area (Å²) < 4.78 is 0. The van der Waals surface area contributed by atoms with Crippen LogP contribution in [0.4, 0.5) is 17.1 Å². The zero-order chi connectivity index (χ0) is 78.0. The highest BCUT2D eigenvalue weighted by Gasteiger charge is 2.36. The first kappa shape index (κ1) is 81.0. The number of anilines is 3. The Morgan fingerprint density at radius 2 is 0.706 bits per heavy atom. The topological polar surface area (TPSA) is 299 Å². The Hall–Kier alpha value is -10.5. The lowest BCUT2D eigenvalue weighted by Crippen LogP contribution is -2.51. The van der Waals surface area contributed by atoms with E-state index in [0.717, 1.165) is 101 Å². The highest BCUT2D eigenvalue weighted by Crippen LogP contribution is 2.35. The van der Waals surface area contributed by atoms with Gasteiger partial charge in [0.2, 0.25) is 35.4 Å². The normalized spacial score (nSPS) is 16.1. The molecular weight excluding hydrogens is 1370 g/mol.